The first-order chi connectivity index (χ1) is 14.1. The van der Waals surface area contributed by atoms with E-state index in [1.807, 2.05) is 23.5 Å². The second-order valence-electron chi connectivity index (χ2n) is 6.94. The van der Waals surface area contributed by atoms with Gasteiger partial charge in [-0.15, -0.1) is 0 Å². The molecule has 0 radical (unpaired) electrons. The number of hydrogen-bond acceptors (Lipinski definition) is 6. The zero-order valence-electron chi connectivity index (χ0n) is 15.5. The zero-order chi connectivity index (χ0) is 20.0. The summed E-state index contributed by atoms with van der Waals surface area (Å²) in [6.07, 6.45) is 6.13. The van der Waals surface area contributed by atoms with Crippen molar-refractivity contribution >= 4 is 23.1 Å². The van der Waals surface area contributed by atoms with Crippen molar-refractivity contribution < 1.29 is 9.13 Å². The van der Waals surface area contributed by atoms with Crippen LogP contribution < -0.4 is 4.90 Å². The summed E-state index contributed by atoms with van der Waals surface area (Å²) < 4.78 is 21.7. The molecule has 0 saturated carbocycles. The molecule has 1 aliphatic heterocycles. The van der Waals surface area contributed by atoms with Crippen LogP contribution >= 0.6 is 11.6 Å². The second-order valence-corrected chi connectivity index (χ2v) is 7.37. The normalized spacial score (nSPS) is 19.8. The minimum absolute atomic E-state index is 0.101. The van der Waals surface area contributed by atoms with Gasteiger partial charge in [-0.25, -0.2) is 15.0 Å². The van der Waals surface area contributed by atoms with Gasteiger partial charge in [0.05, 0.1) is 35.6 Å². The highest BCUT2D eigenvalue weighted by Crippen LogP contribution is 2.29. The van der Waals surface area contributed by atoms with E-state index in [0.717, 1.165) is 17.2 Å². The number of morpholine rings is 1. The van der Waals surface area contributed by atoms with Crippen LogP contribution in [0.3, 0.4) is 0 Å². The number of rotatable bonds is 3. The molecule has 0 aromatic carbocycles. The number of nitrogens with zero attached hydrogens (tertiary/aromatic N) is 6. The summed E-state index contributed by atoms with van der Waals surface area (Å²) >= 11 is 6.13. The number of ether oxygens (including phenoxy) is 1. The van der Waals surface area contributed by atoms with Crippen molar-refractivity contribution in [3.05, 3.63) is 59.5 Å². The van der Waals surface area contributed by atoms with Crippen molar-refractivity contribution in [1.82, 2.24) is 29.5 Å². The van der Waals surface area contributed by atoms with Crippen molar-refractivity contribution in [2.24, 2.45) is 0 Å². The standard InChI is InChI=1S/C19H17ClFN7O/c1-11-8-27(10-15(29-11)13-6-24-26-18(13)21)17-4-5-22-19(25-17)14-7-23-16-3-2-12(20)9-28(14)16/h2-7,9,11,15H,8,10H2,1H3,(H,24,26)/t11-,15-/m0/s1. The third-order valence-corrected chi connectivity index (χ3v) is 5.11. The molecule has 5 heterocycles. The smallest absolute Gasteiger partial charge is 0.214 e. The summed E-state index contributed by atoms with van der Waals surface area (Å²) in [5.74, 6) is 0.786. The van der Waals surface area contributed by atoms with Gasteiger partial charge in [0.25, 0.3) is 0 Å². The molecular weight excluding hydrogens is 397 g/mol. The molecule has 1 fully saturated rings. The van der Waals surface area contributed by atoms with E-state index in [4.69, 9.17) is 21.3 Å². The molecule has 1 N–H and O–H groups in total. The van der Waals surface area contributed by atoms with Gasteiger partial charge in [-0.2, -0.15) is 9.49 Å². The number of anilines is 1. The van der Waals surface area contributed by atoms with Crippen LogP contribution in [-0.4, -0.2) is 48.7 Å². The largest absolute Gasteiger partial charge is 0.367 e. The molecule has 1 aliphatic rings. The highest BCUT2D eigenvalue weighted by molar-refractivity contribution is 6.30. The van der Waals surface area contributed by atoms with Gasteiger partial charge in [0.2, 0.25) is 5.95 Å². The number of pyridine rings is 1. The lowest BCUT2D eigenvalue weighted by molar-refractivity contribution is -0.0193. The number of aromatic amines is 1. The monoisotopic (exact) mass is 413 g/mol. The van der Waals surface area contributed by atoms with Gasteiger partial charge in [0, 0.05) is 18.9 Å². The van der Waals surface area contributed by atoms with Gasteiger partial charge in [0.1, 0.15) is 23.3 Å². The van der Waals surface area contributed by atoms with Crippen LogP contribution in [0, 0.1) is 5.95 Å². The van der Waals surface area contributed by atoms with Gasteiger partial charge in [-0.3, -0.25) is 9.50 Å². The summed E-state index contributed by atoms with van der Waals surface area (Å²) in [6, 6.07) is 5.46. The maximum Gasteiger partial charge on any atom is 0.214 e. The van der Waals surface area contributed by atoms with Crippen LogP contribution in [-0.2, 0) is 4.74 Å². The maximum atomic E-state index is 14.0. The third-order valence-electron chi connectivity index (χ3n) is 4.89. The van der Waals surface area contributed by atoms with Crippen LogP contribution in [0.2, 0.25) is 5.02 Å². The number of halogens is 2. The molecule has 0 aliphatic carbocycles. The number of H-pyrrole nitrogens is 1. The Bertz CT molecular complexity index is 1180. The van der Waals surface area contributed by atoms with E-state index < -0.39 is 12.1 Å². The molecule has 8 nitrogen and oxygen atoms in total. The fourth-order valence-electron chi connectivity index (χ4n) is 3.58. The highest BCUT2D eigenvalue weighted by Gasteiger charge is 2.30. The fourth-order valence-corrected chi connectivity index (χ4v) is 3.74. The van der Waals surface area contributed by atoms with Gasteiger partial charge >= 0.3 is 0 Å². The van der Waals surface area contributed by atoms with Crippen molar-refractivity contribution in [3.63, 3.8) is 0 Å². The lowest BCUT2D eigenvalue weighted by Crippen LogP contribution is -2.43. The summed E-state index contributed by atoms with van der Waals surface area (Å²) in [5, 5.41) is 6.68. The molecular formula is C19H17ClFN7O. The van der Waals surface area contributed by atoms with Crippen LogP contribution in [0.25, 0.3) is 17.2 Å². The summed E-state index contributed by atoms with van der Waals surface area (Å²) in [6.45, 7) is 3.04. The summed E-state index contributed by atoms with van der Waals surface area (Å²) in [7, 11) is 0. The quantitative estimate of drug-likeness (QED) is 0.555. The first kappa shape index (κ1) is 18.0. The van der Waals surface area contributed by atoms with E-state index in [0.29, 0.717) is 29.5 Å². The number of hydrogen-bond donors (Lipinski definition) is 1. The van der Waals surface area contributed by atoms with E-state index in [1.54, 1.807) is 24.7 Å². The molecule has 148 valence electrons. The number of nitrogens with one attached hydrogen (secondary N) is 1. The Balaban J connectivity index is 1.49. The van der Waals surface area contributed by atoms with Crippen molar-refractivity contribution in [2.45, 2.75) is 19.1 Å². The molecule has 0 unspecified atom stereocenters. The first-order valence-corrected chi connectivity index (χ1v) is 9.51. The molecule has 0 bridgehead atoms. The molecule has 0 amide bonds. The van der Waals surface area contributed by atoms with Crippen molar-refractivity contribution in [2.75, 3.05) is 18.0 Å². The molecule has 4 aromatic heterocycles. The zero-order valence-corrected chi connectivity index (χ0v) is 16.2. The van der Waals surface area contributed by atoms with E-state index in [1.165, 1.54) is 6.20 Å². The Morgan fingerprint density at radius 2 is 2.10 bits per heavy atom. The molecule has 5 rings (SSSR count). The number of imidazole rings is 1. The van der Waals surface area contributed by atoms with Crippen LogP contribution in [0.1, 0.15) is 18.6 Å². The molecule has 29 heavy (non-hydrogen) atoms. The molecule has 0 spiro atoms. The van der Waals surface area contributed by atoms with Gasteiger partial charge in [-0.05, 0) is 25.1 Å². The van der Waals surface area contributed by atoms with E-state index in [2.05, 4.69) is 25.1 Å². The highest BCUT2D eigenvalue weighted by atomic mass is 35.5. The van der Waals surface area contributed by atoms with Gasteiger partial charge < -0.3 is 9.64 Å². The van der Waals surface area contributed by atoms with Crippen LogP contribution in [0.15, 0.2) is 43.0 Å². The van der Waals surface area contributed by atoms with Crippen LogP contribution in [0.4, 0.5) is 10.2 Å². The summed E-state index contributed by atoms with van der Waals surface area (Å²) in [5.41, 5.74) is 1.91. The average molecular weight is 414 g/mol. The predicted octanol–water partition coefficient (Wildman–Crippen LogP) is 3.27. The Morgan fingerprint density at radius 3 is 2.93 bits per heavy atom. The Morgan fingerprint density at radius 1 is 1.21 bits per heavy atom. The molecule has 10 heteroatoms. The predicted molar refractivity (Wildman–Crippen MR) is 105 cm³/mol. The van der Waals surface area contributed by atoms with Crippen LogP contribution in [0.5, 0.6) is 0 Å². The maximum absolute atomic E-state index is 14.0. The Kier molecular flexibility index (Phi) is 4.40. The third kappa shape index (κ3) is 3.32. The molecule has 4 aromatic rings. The van der Waals surface area contributed by atoms with E-state index in [9.17, 15) is 4.39 Å². The minimum atomic E-state index is -0.477. The van der Waals surface area contributed by atoms with E-state index in [-0.39, 0.29) is 6.10 Å². The second kappa shape index (κ2) is 7.09. The molecule has 2 atom stereocenters. The van der Waals surface area contributed by atoms with E-state index >= 15 is 0 Å². The molecule has 1 saturated heterocycles. The lowest BCUT2D eigenvalue weighted by atomic mass is 10.1. The van der Waals surface area contributed by atoms with Crippen molar-refractivity contribution in [1.29, 1.82) is 0 Å². The fraction of sp³-hybridized carbons (Fsp3) is 0.263. The van der Waals surface area contributed by atoms with Gasteiger partial charge in [-0.1, -0.05) is 11.6 Å². The minimum Gasteiger partial charge on any atom is -0.367 e. The Hall–Kier alpha value is -3.04. The number of fused-ring (bicyclic) bond motifs is 1. The Labute approximate surface area is 170 Å². The average Bonchev–Trinajstić information content (AvgIpc) is 3.33. The van der Waals surface area contributed by atoms with Gasteiger partial charge in [0.15, 0.2) is 5.82 Å². The summed E-state index contributed by atoms with van der Waals surface area (Å²) in [4.78, 5) is 15.6. The topological polar surface area (TPSA) is 84.2 Å². The van der Waals surface area contributed by atoms with Crippen molar-refractivity contribution in [3.8, 4) is 11.5 Å². The first-order valence-electron chi connectivity index (χ1n) is 9.13. The SMILES string of the molecule is C[C@H]1CN(c2ccnc(-c3cnc4ccc(Cl)cn34)n2)C[C@@H](c2cn[nH]c2F)O1. The number of aromatic nitrogens is 6. The lowest BCUT2D eigenvalue weighted by Gasteiger charge is -2.37.